The lowest BCUT2D eigenvalue weighted by atomic mass is 10.1. The number of nitrogens with one attached hydrogen (secondary N) is 2. The molecule has 0 bridgehead atoms. The minimum absolute atomic E-state index is 0.120. The van der Waals surface area contributed by atoms with E-state index in [9.17, 15) is 27.2 Å². The Bertz CT molecular complexity index is 1090. The Kier molecular flexibility index (Phi) is 7.22. The van der Waals surface area contributed by atoms with Gasteiger partial charge in [-0.3, -0.25) is 9.59 Å². The van der Waals surface area contributed by atoms with Crippen molar-refractivity contribution in [3.8, 4) is 5.75 Å². The van der Waals surface area contributed by atoms with Gasteiger partial charge in [0, 0.05) is 0 Å². The average molecular weight is 444 g/mol. The van der Waals surface area contributed by atoms with Gasteiger partial charge in [-0.05, 0) is 48.0 Å². The molecule has 0 heterocycles. The predicted octanol–water partition coefficient (Wildman–Crippen LogP) is 5.23. The molecule has 5 nitrogen and oxygen atoms in total. The standard InChI is InChI=1S/C23H16F4N2O3/c24-17-5-1-3-7-19(17)28-21(30)16(22(31)29-20-8-4-2-6-18(20)25)13-14-9-11-15(12-10-14)32-23(26)27/h1-13,23H,(H,28,30)(H,29,31). The molecule has 0 aromatic heterocycles. The lowest BCUT2D eigenvalue weighted by Gasteiger charge is -2.11. The summed E-state index contributed by atoms with van der Waals surface area (Å²) in [5.41, 5.74) is -0.515. The molecule has 2 N–H and O–H groups in total. The molecule has 0 atom stereocenters. The number of halogens is 4. The third kappa shape index (κ3) is 5.94. The highest BCUT2D eigenvalue weighted by Crippen LogP contribution is 2.20. The molecule has 164 valence electrons. The molecule has 3 rings (SSSR count). The van der Waals surface area contributed by atoms with Crippen molar-refractivity contribution in [2.24, 2.45) is 0 Å². The van der Waals surface area contributed by atoms with E-state index in [0.717, 1.165) is 18.2 Å². The molecule has 0 aliphatic rings. The summed E-state index contributed by atoms with van der Waals surface area (Å²) in [7, 11) is 0. The Morgan fingerprint density at radius 1 is 0.750 bits per heavy atom. The van der Waals surface area contributed by atoms with Crippen molar-refractivity contribution in [3.05, 3.63) is 95.6 Å². The van der Waals surface area contributed by atoms with Crippen molar-refractivity contribution in [1.82, 2.24) is 0 Å². The number of carbonyl (C=O) groups excluding carboxylic acids is 2. The maximum absolute atomic E-state index is 13.9. The van der Waals surface area contributed by atoms with Crippen LogP contribution in [0.1, 0.15) is 5.56 Å². The van der Waals surface area contributed by atoms with E-state index < -0.39 is 35.6 Å². The number of para-hydroxylation sites is 2. The maximum atomic E-state index is 13.9. The molecule has 0 aliphatic heterocycles. The Morgan fingerprint density at radius 3 is 1.66 bits per heavy atom. The van der Waals surface area contributed by atoms with Crippen LogP contribution in [0.15, 0.2) is 78.4 Å². The largest absolute Gasteiger partial charge is 0.435 e. The second-order valence-electron chi connectivity index (χ2n) is 6.37. The molecule has 0 saturated carbocycles. The monoisotopic (exact) mass is 444 g/mol. The van der Waals surface area contributed by atoms with Crippen LogP contribution in [0.25, 0.3) is 6.08 Å². The van der Waals surface area contributed by atoms with E-state index in [0.29, 0.717) is 0 Å². The number of ether oxygens (including phenoxy) is 1. The number of anilines is 2. The number of rotatable bonds is 7. The van der Waals surface area contributed by atoms with Crippen LogP contribution in [0.5, 0.6) is 5.75 Å². The molecule has 3 aromatic carbocycles. The van der Waals surface area contributed by atoms with Crippen LogP contribution in [0.4, 0.5) is 28.9 Å². The number of benzene rings is 3. The Labute approximate surface area is 180 Å². The van der Waals surface area contributed by atoms with Crippen molar-refractivity contribution in [2.45, 2.75) is 6.61 Å². The summed E-state index contributed by atoms with van der Waals surface area (Å²) in [4.78, 5) is 25.5. The zero-order chi connectivity index (χ0) is 23.1. The normalized spacial score (nSPS) is 10.4. The first-order valence-electron chi connectivity index (χ1n) is 9.22. The highest BCUT2D eigenvalue weighted by molar-refractivity contribution is 6.28. The summed E-state index contributed by atoms with van der Waals surface area (Å²) in [5, 5.41) is 4.58. The van der Waals surface area contributed by atoms with Crippen LogP contribution < -0.4 is 15.4 Å². The number of carbonyl (C=O) groups is 2. The van der Waals surface area contributed by atoms with Gasteiger partial charge in [0.15, 0.2) is 0 Å². The van der Waals surface area contributed by atoms with Gasteiger partial charge in [0.25, 0.3) is 11.8 Å². The smallest absolute Gasteiger partial charge is 0.387 e. The molecule has 0 aliphatic carbocycles. The van der Waals surface area contributed by atoms with E-state index in [1.807, 2.05) is 0 Å². The first-order valence-corrected chi connectivity index (χ1v) is 9.22. The topological polar surface area (TPSA) is 67.4 Å². The van der Waals surface area contributed by atoms with Gasteiger partial charge in [-0.2, -0.15) is 8.78 Å². The lowest BCUT2D eigenvalue weighted by molar-refractivity contribution is -0.118. The third-order valence-electron chi connectivity index (χ3n) is 4.15. The molecule has 0 spiro atoms. The van der Waals surface area contributed by atoms with Gasteiger partial charge >= 0.3 is 6.61 Å². The number of hydrogen-bond acceptors (Lipinski definition) is 3. The van der Waals surface area contributed by atoms with Gasteiger partial charge in [-0.15, -0.1) is 0 Å². The van der Waals surface area contributed by atoms with Crippen molar-refractivity contribution in [1.29, 1.82) is 0 Å². The van der Waals surface area contributed by atoms with Crippen LogP contribution in [0.2, 0.25) is 0 Å². The van der Waals surface area contributed by atoms with E-state index in [2.05, 4.69) is 15.4 Å². The molecule has 32 heavy (non-hydrogen) atoms. The summed E-state index contributed by atoms with van der Waals surface area (Å²) in [6.07, 6.45) is 1.15. The van der Waals surface area contributed by atoms with Gasteiger partial charge in [0.2, 0.25) is 0 Å². The third-order valence-corrected chi connectivity index (χ3v) is 4.15. The molecule has 2 amide bonds. The van der Waals surface area contributed by atoms with Crippen LogP contribution in [0.3, 0.4) is 0 Å². The molecule has 0 unspecified atom stereocenters. The van der Waals surface area contributed by atoms with E-state index >= 15 is 0 Å². The second-order valence-corrected chi connectivity index (χ2v) is 6.37. The first kappa shape index (κ1) is 22.5. The van der Waals surface area contributed by atoms with E-state index in [-0.39, 0.29) is 22.7 Å². The summed E-state index contributed by atoms with van der Waals surface area (Å²) in [6, 6.07) is 15.8. The van der Waals surface area contributed by atoms with Crippen molar-refractivity contribution in [2.75, 3.05) is 10.6 Å². The van der Waals surface area contributed by atoms with Gasteiger partial charge in [-0.1, -0.05) is 36.4 Å². The predicted molar refractivity (Wildman–Crippen MR) is 111 cm³/mol. The zero-order valence-electron chi connectivity index (χ0n) is 16.3. The van der Waals surface area contributed by atoms with Gasteiger partial charge in [0.1, 0.15) is 23.0 Å². The summed E-state index contributed by atoms with van der Waals surface area (Å²) in [5.74, 6) is -3.48. The van der Waals surface area contributed by atoms with Crippen molar-refractivity contribution >= 4 is 29.3 Å². The SMILES string of the molecule is O=C(Nc1ccccc1F)C(=Cc1ccc(OC(F)F)cc1)C(=O)Nc1ccccc1F. The van der Waals surface area contributed by atoms with Gasteiger partial charge in [-0.25, -0.2) is 8.78 Å². The molecule has 0 fully saturated rings. The van der Waals surface area contributed by atoms with Crippen LogP contribution in [0, 0.1) is 11.6 Å². The van der Waals surface area contributed by atoms with E-state index in [1.165, 1.54) is 60.7 Å². The fourth-order valence-corrected chi connectivity index (χ4v) is 2.65. The van der Waals surface area contributed by atoms with Crippen LogP contribution in [-0.4, -0.2) is 18.4 Å². The Balaban J connectivity index is 1.91. The summed E-state index contributed by atoms with van der Waals surface area (Å²) < 4.78 is 56.8. The summed E-state index contributed by atoms with van der Waals surface area (Å²) in [6.45, 7) is -3.01. The van der Waals surface area contributed by atoms with Crippen LogP contribution in [-0.2, 0) is 9.59 Å². The van der Waals surface area contributed by atoms with Crippen molar-refractivity contribution in [3.63, 3.8) is 0 Å². The number of hydrogen-bond donors (Lipinski definition) is 2. The molecule has 0 saturated heterocycles. The molecule has 0 radical (unpaired) electrons. The van der Waals surface area contributed by atoms with E-state index in [1.54, 1.807) is 0 Å². The summed E-state index contributed by atoms with van der Waals surface area (Å²) >= 11 is 0. The molecular formula is C23H16F4N2O3. The minimum atomic E-state index is -3.01. The first-order chi connectivity index (χ1) is 15.3. The zero-order valence-corrected chi connectivity index (χ0v) is 16.3. The maximum Gasteiger partial charge on any atom is 0.387 e. The minimum Gasteiger partial charge on any atom is -0.435 e. The quantitative estimate of drug-likeness (QED) is 0.227. The molecular weight excluding hydrogens is 428 g/mol. The molecule has 3 aromatic rings. The Hall–Kier alpha value is -4.14. The van der Waals surface area contributed by atoms with Crippen LogP contribution >= 0.6 is 0 Å². The second kappa shape index (κ2) is 10.3. The van der Waals surface area contributed by atoms with E-state index in [4.69, 9.17) is 0 Å². The lowest BCUT2D eigenvalue weighted by Crippen LogP contribution is -2.26. The van der Waals surface area contributed by atoms with Gasteiger partial charge in [0.05, 0.1) is 11.4 Å². The fraction of sp³-hybridized carbons (Fsp3) is 0.0435. The number of amides is 2. The van der Waals surface area contributed by atoms with Crippen molar-refractivity contribution < 1.29 is 31.9 Å². The fourth-order valence-electron chi connectivity index (χ4n) is 2.65. The average Bonchev–Trinajstić information content (AvgIpc) is 2.76. The highest BCUT2D eigenvalue weighted by atomic mass is 19.3. The molecule has 9 heteroatoms. The Morgan fingerprint density at radius 2 is 1.22 bits per heavy atom. The van der Waals surface area contributed by atoms with Gasteiger partial charge < -0.3 is 15.4 Å². The number of alkyl halides is 2. The highest BCUT2D eigenvalue weighted by Gasteiger charge is 2.21.